The number of amides is 2. The number of rotatable bonds is 8. The summed E-state index contributed by atoms with van der Waals surface area (Å²) in [5, 5.41) is 7.09. The smallest absolute Gasteiger partial charge is 0.271 e. The molecule has 2 aromatic carbocycles. The summed E-state index contributed by atoms with van der Waals surface area (Å²) < 4.78 is 27.2. The van der Waals surface area contributed by atoms with E-state index in [1.165, 1.54) is 6.07 Å². The molecule has 0 saturated heterocycles. The van der Waals surface area contributed by atoms with Crippen molar-refractivity contribution in [3.63, 3.8) is 0 Å². The van der Waals surface area contributed by atoms with Crippen LogP contribution in [-0.2, 0) is 27.8 Å². The normalized spacial score (nSPS) is 11.0. The van der Waals surface area contributed by atoms with Crippen LogP contribution in [0.5, 0.6) is 0 Å². The second kappa shape index (κ2) is 9.55. The Kier molecular flexibility index (Phi) is 6.86. The molecule has 7 nitrogen and oxygen atoms in total. The summed E-state index contributed by atoms with van der Waals surface area (Å²) in [6, 6.07) is 16.9. The highest BCUT2D eigenvalue weighted by molar-refractivity contribution is 7.94. The van der Waals surface area contributed by atoms with Crippen LogP contribution in [-0.4, -0.2) is 27.3 Å². The Labute approximate surface area is 179 Å². The molecule has 3 aromatic rings. The van der Waals surface area contributed by atoms with Gasteiger partial charge in [-0.3, -0.25) is 14.3 Å². The van der Waals surface area contributed by atoms with Gasteiger partial charge in [0.25, 0.3) is 15.9 Å². The number of nitrogens with one attached hydrogen (secondary N) is 3. The van der Waals surface area contributed by atoms with Gasteiger partial charge < -0.3 is 10.6 Å². The molecule has 0 aliphatic heterocycles. The fourth-order valence-electron chi connectivity index (χ4n) is 2.73. The molecule has 0 radical (unpaired) electrons. The van der Waals surface area contributed by atoms with Crippen LogP contribution in [0.1, 0.15) is 21.5 Å². The van der Waals surface area contributed by atoms with Gasteiger partial charge in [0.2, 0.25) is 5.91 Å². The Morgan fingerprint density at radius 2 is 1.73 bits per heavy atom. The summed E-state index contributed by atoms with van der Waals surface area (Å²) in [4.78, 5) is 23.9. The summed E-state index contributed by atoms with van der Waals surface area (Å²) >= 11 is 1.14. The third-order valence-electron chi connectivity index (χ3n) is 4.24. The number of anilines is 1. The molecule has 30 heavy (non-hydrogen) atoms. The Balaban J connectivity index is 1.54. The van der Waals surface area contributed by atoms with E-state index in [4.69, 9.17) is 0 Å². The zero-order valence-corrected chi connectivity index (χ0v) is 17.8. The van der Waals surface area contributed by atoms with Crippen molar-refractivity contribution < 1.29 is 18.0 Å². The predicted molar refractivity (Wildman–Crippen MR) is 117 cm³/mol. The number of carbonyl (C=O) groups is 2. The number of carbonyl (C=O) groups excluding carboxylic acids is 2. The number of thiophene rings is 1. The zero-order chi connectivity index (χ0) is 21.6. The van der Waals surface area contributed by atoms with Gasteiger partial charge in [0.05, 0.1) is 6.42 Å². The van der Waals surface area contributed by atoms with Crippen LogP contribution in [0.25, 0.3) is 0 Å². The lowest BCUT2D eigenvalue weighted by Crippen LogP contribution is -2.25. The largest absolute Gasteiger partial charge is 0.355 e. The van der Waals surface area contributed by atoms with E-state index in [1.54, 1.807) is 61.0 Å². The van der Waals surface area contributed by atoms with Crippen molar-refractivity contribution in [1.82, 2.24) is 10.6 Å². The highest BCUT2D eigenvalue weighted by Crippen LogP contribution is 2.20. The number of hydrogen-bond donors (Lipinski definition) is 3. The minimum absolute atomic E-state index is 0.160. The van der Waals surface area contributed by atoms with Crippen molar-refractivity contribution in [1.29, 1.82) is 0 Å². The van der Waals surface area contributed by atoms with Gasteiger partial charge in [0, 0.05) is 24.8 Å². The second-order valence-electron chi connectivity index (χ2n) is 6.47. The van der Waals surface area contributed by atoms with Gasteiger partial charge >= 0.3 is 0 Å². The van der Waals surface area contributed by atoms with Crippen molar-refractivity contribution in [3.8, 4) is 0 Å². The summed E-state index contributed by atoms with van der Waals surface area (Å²) in [5.74, 6) is -0.356. The van der Waals surface area contributed by atoms with Crippen LogP contribution in [0.2, 0.25) is 0 Å². The van der Waals surface area contributed by atoms with E-state index in [0.717, 1.165) is 22.5 Å². The lowest BCUT2D eigenvalue weighted by atomic mass is 10.1. The first-order valence-corrected chi connectivity index (χ1v) is 11.5. The van der Waals surface area contributed by atoms with Gasteiger partial charge in [-0.2, -0.15) is 0 Å². The molecule has 0 atom stereocenters. The maximum atomic E-state index is 12.2. The average Bonchev–Trinajstić information content (AvgIpc) is 3.29. The maximum Gasteiger partial charge on any atom is 0.271 e. The minimum Gasteiger partial charge on any atom is -0.355 e. The van der Waals surface area contributed by atoms with E-state index in [2.05, 4.69) is 15.4 Å². The Bertz CT molecular complexity index is 1130. The van der Waals surface area contributed by atoms with Crippen molar-refractivity contribution in [2.24, 2.45) is 0 Å². The quantitative estimate of drug-likeness (QED) is 0.498. The van der Waals surface area contributed by atoms with Crippen LogP contribution >= 0.6 is 11.3 Å². The lowest BCUT2D eigenvalue weighted by Gasteiger charge is -2.09. The minimum atomic E-state index is -3.60. The lowest BCUT2D eigenvalue weighted by molar-refractivity contribution is -0.120. The first kappa shape index (κ1) is 21.5. The van der Waals surface area contributed by atoms with Gasteiger partial charge in [0.15, 0.2) is 0 Å². The van der Waals surface area contributed by atoms with E-state index in [-0.39, 0.29) is 22.4 Å². The molecule has 1 aromatic heterocycles. The molecule has 2 amide bonds. The van der Waals surface area contributed by atoms with Crippen LogP contribution in [0.3, 0.4) is 0 Å². The molecular weight excluding hydrogens is 422 g/mol. The summed E-state index contributed by atoms with van der Waals surface area (Å²) in [6.07, 6.45) is 0.160. The summed E-state index contributed by atoms with van der Waals surface area (Å²) in [7, 11) is -2.03. The van der Waals surface area contributed by atoms with Gasteiger partial charge in [-0.1, -0.05) is 30.3 Å². The monoisotopic (exact) mass is 443 g/mol. The standard InChI is InChI=1S/C21H21N3O4S2/c1-22-21(26)17-5-2-4-16(12-17)14-23-19(25)13-15-7-9-18(10-8-15)24-30(27,28)20-6-3-11-29-20/h2-12,24H,13-14H2,1H3,(H,22,26)(H,23,25). The van der Waals surface area contributed by atoms with Gasteiger partial charge in [-0.25, -0.2) is 8.42 Å². The number of hydrogen-bond acceptors (Lipinski definition) is 5. The molecule has 0 aliphatic carbocycles. The molecular formula is C21H21N3O4S2. The predicted octanol–water partition coefficient (Wildman–Crippen LogP) is 2.77. The Morgan fingerprint density at radius 1 is 0.967 bits per heavy atom. The average molecular weight is 444 g/mol. The molecule has 9 heteroatoms. The topological polar surface area (TPSA) is 104 Å². The van der Waals surface area contributed by atoms with Crippen LogP contribution in [0, 0.1) is 0 Å². The van der Waals surface area contributed by atoms with Gasteiger partial charge in [-0.05, 0) is 46.8 Å². The zero-order valence-electron chi connectivity index (χ0n) is 16.2. The van der Waals surface area contributed by atoms with Crippen molar-refractivity contribution in [2.75, 3.05) is 11.8 Å². The van der Waals surface area contributed by atoms with Gasteiger partial charge in [0.1, 0.15) is 4.21 Å². The third-order valence-corrected chi connectivity index (χ3v) is 7.02. The van der Waals surface area contributed by atoms with E-state index in [9.17, 15) is 18.0 Å². The molecule has 0 bridgehead atoms. The van der Waals surface area contributed by atoms with E-state index in [0.29, 0.717) is 17.8 Å². The fraction of sp³-hybridized carbons (Fsp3) is 0.143. The van der Waals surface area contributed by atoms with Crippen molar-refractivity contribution in [3.05, 3.63) is 82.7 Å². The van der Waals surface area contributed by atoms with Gasteiger partial charge in [-0.15, -0.1) is 11.3 Å². The number of benzene rings is 2. The Morgan fingerprint density at radius 3 is 2.40 bits per heavy atom. The maximum absolute atomic E-state index is 12.2. The van der Waals surface area contributed by atoms with E-state index in [1.807, 2.05) is 6.07 Å². The molecule has 0 unspecified atom stereocenters. The fourth-order valence-corrected chi connectivity index (χ4v) is 4.78. The first-order chi connectivity index (χ1) is 14.4. The van der Waals surface area contributed by atoms with Crippen LogP contribution in [0.4, 0.5) is 5.69 Å². The second-order valence-corrected chi connectivity index (χ2v) is 9.32. The Hall–Kier alpha value is -3.17. The molecule has 0 saturated carbocycles. The molecule has 0 fully saturated rings. The van der Waals surface area contributed by atoms with Crippen LogP contribution < -0.4 is 15.4 Å². The third kappa shape index (κ3) is 5.68. The first-order valence-electron chi connectivity index (χ1n) is 9.10. The highest BCUT2D eigenvalue weighted by atomic mass is 32.2. The highest BCUT2D eigenvalue weighted by Gasteiger charge is 2.15. The number of sulfonamides is 1. The van der Waals surface area contributed by atoms with E-state index >= 15 is 0 Å². The SMILES string of the molecule is CNC(=O)c1cccc(CNC(=O)Cc2ccc(NS(=O)(=O)c3cccs3)cc2)c1. The molecule has 156 valence electrons. The van der Waals surface area contributed by atoms with Crippen molar-refractivity contribution >= 4 is 38.9 Å². The molecule has 0 spiro atoms. The molecule has 0 aliphatic rings. The molecule has 3 N–H and O–H groups in total. The van der Waals surface area contributed by atoms with E-state index < -0.39 is 10.0 Å². The summed E-state index contributed by atoms with van der Waals surface area (Å²) in [6.45, 7) is 0.308. The van der Waals surface area contributed by atoms with Crippen molar-refractivity contribution in [2.45, 2.75) is 17.2 Å². The summed E-state index contributed by atoms with van der Waals surface area (Å²) in [5.41, 5.74) is 2.54. The molecule has 3 rings (SSSR count). The molecule has 1 heterocycles. The van der Waals surface area contributed by atoms with Crippen LogP contribution in [0.15, 0.2) is 70.3 Å².